The van der Waals surface area contributed by atoms with Crippen LogP contribution in [-0.2, 0) is 0 Å². The number of nitrogens with two attached hydrogens (primary N) is 1. The van der Waals surface area contributed by atoms with E-state index in [0.29, 0.717) is 21.6 Å². The molecule has 0 aliphatic carbocycles. The monoisotopic (exact) mass is 278 g/mol. The Kier molecular flexibility index (Phi) is 2.61. The second-order valence-corrected chi connectivity index (χ2v) is 4.65. The van der Waals surface area contributed by atoms with E-state index in [1.165, 1.54) is 0 Å². The summed E-state index contributed by atoms with van der Waals surface area (Å²) in [6, 6.07) is 5.26. The predicted octanol–water partition coefficient (Wildman–Crippen LogP) is 3.51. The molecule has 3 aromatic rings. The molecule has 0 saturated carbocycles. The van der Waals surface area contributed by atoms with Crippen LogP contribution in [0.4, 0.5) is 5.69 Å². The lowest BCUT2D eigenvalue weighted by Crippen LogP contribution is -1.91. The Bertz CT molecular complexity index is 697. The molecule has 0 aliphatic heterocycles. The number of H-pyrrole nitrogens is 1. The molecule has 90 valence electrons. The normalized spacial score (nSPS) is 11.0. The number of hydrogen-bond donors (Lipinski definition) is 2. The minimum absolute atomic E-state index is 0.477. The molecule has 0 bridgehead atoms. The summed E-state index contributed by atoms with van der Waals surface area (Å²) >= 11 is 11.9. The number of hydrogen-bond acceptors (Lipinski definition) is 3. The van der Waals surface area contributed by atoms with E-state index in [1.54, 1.807) is 30.6 Å². The third-order valence-electron chi connectivity index (χ3n) is 2.63. The van der Waals surface area contributed by atoms with E-state index >= 15 is 0 Å². The zero-order valence-electron chi connectivity index (χ0n) is 9.11. The Hall–Kier alpha value is -1.78. The average molecular weight is 279 g/mol. The maximum Gasteiger partial charge on any atom is 0.140 e. The number of fused-ring (bicyclic) bond motifs is 1. The van der Waals surface area contributed by atoms with Gasteiger partial charge < -0.3 is 10.7 Å². The molecular formula is C12H8Cl2N4. The molecule has 1 aromatic carbocycles. The van der Waals surface area contributed by atoms with Gasteiger partial charge in [0.05, 0.1) is 33.0 Å². The number of benzene rings is 1. The van der Waals surface area contributed by atoms with Gasteiger partial charge in [-0.05, 0) is 18.2 Å². The van der Waals surface area contributed by atoms with Crippen molar-refractivity contribution in [1.29, 1.82) is 0 Å². The van der Waals surface area contributed by atoms with Crippen molar-refractivity contribution in [2.24, 2.45) is 0 Å². The average Bonchev–Trinajstić information content (AvgIpc) is 2.73. The van der Waals surface area contributed by atoms with Gasteiger partial charge in [-0.1, -0.05) is 23.2 Å². The summed E-state index contributed by atoms with van der Waals surface area (Å²) in [6.07, 6.45) is 3.25. The number of rotatable bonds is 1. The zero-order chi connectivity index (χ0) is 12.7. The second kappa shape index (κ2) is 4.15. The Morgan fingerprint density at radius 1 is 1.17 bits per heavy atom. The Morgan fingerprint density at radius 3 is 2.72 bits per heavy atom. The Labute approximate surface area is 113 Å². The summed E-state index contributed by atoms with van der Waals surface area (Å²) in [6.45, 7) is 0. The maximum atomic E-state index is 5.96. The van der Waals surface area contributed by atoms with E-state index in [2.05, 4.69) is 15.0 Å². The number of pyridine rings is 1. The van der Waals surface area contributed by atoms with Crippen molar-refractivity contribution in [3.63, 3.8) is 0 Å². The highest BCUT2D eigenvalue weighted by molar-refractivity contribution is 6.42. The van der Waals surface area contributed by atoms with Crippen molar-refractivity contribution in [2.45, 2.75) is 0 Å². The fourth-order valence-electron chi connectivity index (χ4n) is 1.75. The molecule has 3 rings (SSSR count). The van der Waals surface area contributed by atoms with E-state index in [4.69, 9.17) is 28.9 Å². The van der Waals surface area contributed by atoms with Crippen LogP contribution in [-0.4, -0.2) is 15.0 Å². The van der Waals surface area contributed by atoms with Crippen LogP contribution < -0.4 is 5.73 Å². The number of imidazole rings is 1. The summed E-state index contributed by atoms with van der Waals surface area (Å²) in [5.74, 6) is 0.670. The molecule has 3 N–H and O–H groups in total. The third kappa shape index (κ3) is 1.79. The fraction of sp³-hybridized carbons (Fsp3) is 0. The fourth-order valence-corrected chi connectivity index (χ4v) is 2.08. The minimum atomic E-state index is 0.477. The number of aromatic amines is 1. The summed E-state index contributed by atoms with van der Waals surface area (Å²) in [7, 11) is 0. The van der Waals surface area contributed by atoms with Gasteiger partial charge in [0.25, 0.3) is 0 Å². The zero-order valence-corrected chi connectivity index (χ0v) is 10.6. The molecule has 0 unspecified atom stereocenters. The number of nitrogens with zero attached hydrogens (tertiary/aromatic N) is 2. The largest absolute Gasteiger partial charge is 0.397 e. The lowest BCUT2D eigenvalue weighted by Gasteiger charge is -1.99. The van der Waals surface area contributed by atoms with E-state index in [1.807, 2.05) is 0 Å². The van der Waals surface area contributed by atoms with Crippen molar-refractivity contribution in [3.8, 4) is 11.4 Å². The van der Waals surface area contributed by atoms with Crippen molar-refractivity contribution in [2.75, 3.05) is 5.73 Å². The number of nitrogens with one attached hydrogen (secondary N) is 1. The first kappa shape index (κ1) is 11.3. The van der Waals surface area contributed by atoms with Crippen LogP contribution in [0.1, 0.15) is 0 Å². The molecule has 0 fully saturated rings. The van der Waals surface area contributed by atoms with Crippen LogP contribution in [0.3, 0.4) is 0 Å². The van der Waals surface area contributed by atoms with E-state index < -0.39 is 0 Å². The number of aromatic nitrogens is 3. The van der Waals surface area contributed by atoms with Crippen molar-refractivity contribution in [3.05, 3.63) is 40.6 Å². The van der Waals surface area contributed by atoms with Gasteiger partial charge in [-0.3, -0.25) is 4.98 Å². The molecule has 2 aromatic heterocycles. The van der Waals surface area contributed by atoms with Crippen LogP contribution in [0.5, 0.6) is 0 Å². The van der Waals surface area contributed by atoms with Crippen molar-refractivity contribution < 1.29 is 0 Å². The highest BCUT2D eigenvalue weighted by Gasteiger charge is 2.10. The Morgan fingerprint density at radius 2 is 1.94 bits per heavy atom. The van der Waals surface area contributed by atoms with Gasteiger partial charge in [0, 0.05) is 11.8 Å². The SMILES string of the molecule is Nc1cnccc1-c1nc2cc(Cl)c(Cl)cc2[nH]1. The van der Waals surface area contributed by atoms with Crippen LogP contribution >= 0.6 is 23.2 Å². The predicted molar refractivity (Wildman–Crippen MR) is 73.8 cm³/mol. The molecule has 0 aliphatic rings. The molecular weight excluding hydrogens is 271 g/mol. The first-order valence-corrected chi connectivity index (χ1v) is 5.95. The lowest BCUT2D eigenvalue weighted by atomic mass is 10.2. The van der Waals surface area contributed by atoms with E-state index in [0.717, 1.165) is 16.6 Å². The van der Waals surface area contributed by atoms with Gasteiger partial charge >= 0.3 is 0 Å². The van der Waals surface area contributed by atoms with Crippen LogP contribution in [0.2, 0.25) is 10.0 Å². The van der Waals surface area contributed by atoms with Gasteiger partial charge in [-0.15, -0.1) is 0 Å². The number of nitrogen functional groups attached to an aromatic ring is 1. The van der Waals surface area contributed by atoms with Gasteiger partial charge in [-0.25, -0.2) is 4.98 Å². The molecule has 2 heterocycles. The third-order valence-corrected chi connectivity index (χ3v) is 3.35. The summed E-state index contributed by atoms with van der Waals surface area (Å²) < 4.78 is 0. The highest BCUT2D eigenvalue weighted by atomic mass is 35.5. The summed E-state index contributed by atoms with van der Waals surface area (Å²) in [5.41, 5.74) is 8.78. The standard InChI is InChI=1S/C12H8Cl2N4/c13-7-3-10-11(4-8(7)14)18-12(17-10)6-1-2-16-5-9(6)15/h1-5H,15H2,(H,17,18). The summed E-state index contributed by atoms with van der Waals surface area (Å²) in [4.78, 5) is 11.5. The summed E-state index contributed by atoms with van der Waals surface area (Å²) in [5, 5.41) is 0.965. The molecule has 0 spiro atoms. The lowest BCUT2D eigenvalue weighted by molar-refractivity contribution is 1.29. The van der Waals surface area contributed by atoms with Gasteiger partial charge in [0.2, 0.25) is 0 Å². The molecule has 0 atom stereocenters. The van der Waals surface area contributed by atoms with Gasteiger partial charge in [0.1, 0.15) is 5.82 Å². The molecule has 0 radical (unpaired) electrons. The van der Waals surface area contributed by atoms with Crippen LogP contribution in [0.15, 0.2) is 30.6 Å². The maximum absolute atomic E-state index is 5.96. The number of halogens is 2. The first-order chi connectivity index (χ1) is 8.65. The van der Waals surface area contributed by atoms with Gasteiger partial charge in [0.15, 0.2) is 0 Å². The topological polar surface area (TPSA) is 67.6 Å². The second-order valence-electron chi connectivity index (χ2n) is 3.83. The highest BCUT2D eigenvalue weighted by Crippen LogP contribution is 2.29. The molecule has 0 amide bonds. The van der Waals surface area contributed by atoms with Crippen LogP contribution in [0.25, 0.3) is 22.4 Å². The quantitative estimate of drug-likeness (QED) is 0.716. The Balaban J connectivity index is 2.23. The molecule has 18 heavy (non-hydrogen) atoms. The van der Waals surface area contributed by atoms with E-state index in [9.17, 15) is 0 Å². The van der Waals surface area contributed by atoms with Crippen molar-refractivity contribution in [1.82, 2.24) is 15.0 Å². The minimum Gasteiger partial charge on any atom is -0.397 e. The first-order valence-electron chi connectivity index (χ1n) is 5.20. The molecule has 4 nitrogen and oxygen atoms in total. The van der Waals surface area contributed by atoms with E-state index in [-0.39, 0.29) is 0 Å². The van der Waals surface area contributed by atoms with Crippen molar-refractivity contribution >= 4 is 39.9 Å². The van der Waals surface area contributed by atoms with Crippen LogP contribution in [0, 0.1) is 0 Å². The molecule has 6 heteroatoms. The number of anilines is 1. The smallest absolute Gasteiger partial charge is 0.140 e. The van der Waals surface area contributed by atoms with Gasteiger partial charge in [-0.2, -0.15) is 0 Å². The molecule has 0 saturated heterocycles.